The number of urea groups is 1. The lowest BCUT2D eigenvalue weighted by Gasteiger charge is -2.31. The summed E-state index contributed by atoms with van der Waals surface area (Å²) in [6.07, 6.45) is -0.205. The van der Waals surface area contributed by atoms with Gasteiger partial charge in [-0.1, -0.05) is 38.1 Å². The van der Waals surface area contributed by atoms with Crippen LogP contribution in [0.1, 0.15) is 25.5 Å². The smallest absolute Gasteiger partial charge is 0.317 e. The Bertz CT molecular complexity index is 791. The molecule has 150 valence electrons. The Hall–Kier alpha value is -2.89. The fourth-order valence-electron chi connectivity index (χ4n) is 3.23. The second-order valence-corrected chi connectivity index (χ2v) is 7.32. The predicted molar refractivity (Wildman–Crippen MR) is 108 cm³/mol. The van der Waals surface area contributed by atoms with Crippen molar-refractivity contribution in [3.05, 3.63) is 54.1 Å². The third-order valence-electron chi connectivity index (χ3n) is 4.81. The molecular formula is C22H28N2O4. The zero-order valence-corrected chi connectivity index (χ0v) is 16.8. The van der Waals surface area contributed by atoms with Gasteiger partial charge >= 0.3 is 6.03 Å². The van der Waals surface area contributed by atoms with Gasteiger partial charge in [0, 0.05) is 7.05 Å². The van der Waals surface area contributed by atoms with Crippen LogP contribution in [-0.4, -0.2) is 44.3 Å². The van der Waals surface area contributed by atoms with Gasteiger partial charge in [-0.25, -0.2) is 4.79 Å². The summed E-state index contributed by atoms with van der Waals surface area (Å²) in [6, 6.07) is 15.1. The molecule has 1 aliphatic rings. The fourth-order valence-corrected chi connectivity index (χ4v) is 3.23. The highest BCUT2D eigenvalue weighted by molar-refractivity contribution is 5.74. The number of nitrogens with one attached hydrogen (secondary N) is 1. The summed E-state index contributed by atoms with van der Waals surface area (Å²) in [4.78, 5) is 14.4. The van der Waals surface area contributed by atoms with Crippen LogP contribution in [0.2, 0.25) is 0 Å². The Morgan fingerprint density at radius 1 is 1.18 bits per heavy atom. The lowest BCUT2D eigenvalue weighted by atomic mass is 9.96. The van der Waals surface area contributed by atoms with Crippen molar-refractivity contribution in [1.82, 2.24) is 10.2 Å². The summed E-state index contributed by atoms with van der Waals surface area (Å²) in [5.74, 6) is 2.49. The average Bonchev–Trinajstić information content (AvgIpc) is 2.71. The molecule has 6 heteroatoms. The first-order valence-corrected chi connectivity index (χ1v) is 9.52. The molecule has 0 spiro atoms. The van der Waals surface area contributed by atoms with E-state index in [0.29, 0.717) is 18.9 Å². The number of methoxy groups -OCH3 is 1. The molecule has 0 radical (unpaired) electrons. The third-order valence-corrected chi connectivity index (χ3v) is 4.81. The van der Waals surface area contributed by atoms with Gasteiger partial charge in [0.05, 0.1) is 19.7 Å². The number of carbonyl (C=O) groups is 1. The summed E-state index contributed by atoms with van der Waals surface area (Å²) < 4.78 is 16.9. The van der Waals surface area contributed by atoms with Gasteiger partial charge in [-0.2, -0.15) is 0 Å². The van der Waals surface area contributed by atoms with Crippen LogP contribution in [0.5, 0.6) is 17.2 Å². The molecule has 0 aliphatic carbocycles. The molecule has 2 aromatic rings. The molecule has 0 fully saturated rings. The van der Waals surface area contributed by atoms with E-state index in [0.717, 1.165) is 17.1 Å². The number of carbonyl (C=O) groups excluding carboxylic acids is 1. The third kappa shape index (κ3) is 4.68. The first-order chi connectivity index (χ1) is 13.5. The summed E-state index contributed by atoms with van der Waals surface area (Å²) in [5, 5.41) is 3.13. The van der Waals surface area contributed by atoms with E-state index < -0.39 is 0 Å². The van der Waals surface area contributed by atoms with Crippen molar-refractivity contribution in [2.75, 3.05) is 27.3 Å². The molecule has 0 saturated carbocycles. The molecule has 0 aromatic heterocycles. The van der Waals surface area contributed by atoms with Crippen molar-refractivity contribution in [3.63, 3.8) is 0 Å². The number of fused-ring (bicyclic) bond motifs is 1. The minimum absolute atomic E-state index is 0.0925. The first-order valence-electron chi connectivity index (χ1n) is 9.52. The molecule has 2 amide bonds. The van der Waals surface area contributed by atoms with E-state index in [1.54, 1.807) is 19.1 Å². The molecule has 6 nitrogen and oxygen atoms in total. The van der Waals surface area contributed by atoms with Crippen LogP contribution < -0.4 is 19.5 Å². The number of amides is 2. The second kappa shape index (κ2) is 8.87. The van der Waals surface area contributed by atoms with Gasteiger partial charge in [0.2, 0.25) is 0 Å². The van der Waals surface area contributed by atoms with Crippen LogP contribution in [-0.2, 0) is 0 Å². The largest absolute Gasteiger partial charge is 0.497 e. The van der Waals surface area contributed by atoms with Gasteiger partial charge in [0.25, 0.3) is 0 Å². The van der Waals surface area contributed by atoms with Crippen molar-refractivity contribution >= 4 is 6.03 Å². The number of benzene rings is 2. The predicted octanol–water partition coefficient (Wildman–Crippen LogP) is 3.87. The molecule has 1 heterocycles. The molecule has 1 N–H and O–H groups in total. The van der Waals surface area contributed by atoms with E-state index in [2.05, 4.69) is 19.2 Å². The van der Waals surface area contributed by atoms with Crippen molar-refractivity contribution in [2.45, 2.75) is 26.0 Å². The van der Waals surface area contributed by atoms with Crippen LogP contribution in [0, 0.1) is 5.92 Å². The van der Waals surface area contributed by atoms with Crippen molar-refractivity contribution in [3.8, 4) is 17.2 Å². The van der Waals surface area contributed by atoms with Gasteiger partial charge in [0.1, 0.15) is 12.4 Å². The minimum Gasteiger partial charge on any atom is -0.497 e. The van der Waals surface area contributed by atoms with Gasteiger partial charge in [-0.3, -0.25) is 0 Å². The van der Waals surface area contributed by atoms with E-state index in [9.17, 15) is 4.79 Å². The van der Waals surface area contributed by atoms with Crippen LogP contribution >= 0.6 is 0 Å². The summed E-state index contributed by atoms with van der Waals surface area (Å²) in [7, 11) is 3.41. The van der Waals surface area contributed by atoms with E-state index in [1.165, 1.54) is 0 Å². The van der Waals surface area contributed by atoms with Gasteiger partial charge < -0.3 is 24.4 Å². The molecule has 1 aliphatic heterocycles. The van der Waals surface area contributed by atoms with Crippen LogP contribution in [0.3, 0.4) is 0 Å². The lowest BCUT2D eigenvalue weighted by molar-refractivity contribution is 0.0710. The Kier molecular flexibility index (Phi) is 6.29. The van der Waals surface area contributed by atoms with E-state index in [-0.39, 0.29) is 24.1 Å². The van der Waals surface area contributed by atoms with Crippen molar-refractivity contribution in [2.24, 2.45) is 5.92 Å². The summed E-state index contributed by atoms with van der Waals surface area (Å²) in [5.41, 5.74) is 1.05. The van der Waals surface area contributed by atoms with E-state index in [1.807, 2.05) is 48.5 Å². The lowest BCUT2D eigenvalue weighted by Crippen LogP contribution is -2.47. The summed E-state index contributed by atoms with van der Waals surface area (Å²) in [6.45, 7) is 5.03. The van der Waals surface area contributed by atoms with Crippen molar-refractivity contribution in [1.29, 1.82) is 0 Å². The van der Waals surface area contributed by atoms with E-state index >= 15 is 0 Å². The monoisotopic (exact) mass is 384 g/mol. The van der Waals surface area contributed by atoms with Gasteiger partial charge in [0.15, 0.2) is 17.6 Å². The number of rotatable bonds is 6. The number of hydrogen-bond donors (Lipinski definition) is 1. The number of likely N-dealkylation sites (N-methyl/N-ethyl adjacent to an activating group) is 1. The van der Waals surface area contributed by atoms with Crippen LogP contribution in [0.4, 0.5) is 4.79 Å². The molecule has 2 aromatic carbocycles. The van der Waals surface area contributed by atoms with E-state index in [4.69, 9.17) is 14.2 Å². The SMILES string of the molecule is COc1ccc([C@H](NC(=O)N(C)C[C@H]2COc3ccccc3O2)C(C)C)cc1. The number of nitrogens with zero attached hydrogens (tertiary/aromatic N) is 1. The molecular weight excluding hydrogens is 356 g/mol. The standard InChI is InChI=1S/C22H28N2O4/c1-15(2)21(16-9-11-17(26-4)12-10-16)23-22(25)24(3)13-18-14-27-19-7-5-6-8-20(19)28-18/h5-12,15,18,21H,13-14H2,1-4H3,(H,23,25)/t18-,21+/m0/s1. The molecule has 0 bridgehead atoms. The maximum Gasteiger partial charge on any atom is 0.317 e. The molecule has 28 heavy (non-hydrogen) atoms. The Morgan fingerprint density at radius 2 is 1.86 bits per heavy atom. The Morgan fingerprint density at radius 3 is 2.50 bits per heavy atom. The topological polar surface area (TPSA) is 60.0 Å². The number of para-hydroxylation sites is 2. The molecule has 0 saturated heterocycles. The van der Waals surface area contributed by atoms with Crippen LogP contribution in [0.25, 0.3) is 0 Å². The number of ether oxygens (including phenoxy) is 3. The Labute approximate surface area is 166 Å². The van der Waals surface area contributed by atoms with Gasteiger partial charge in [-0.15, -0.1) is 0 Å². The minimum atomic E-state index is -0.205. The zero-order chi connectivity index (χ0) is 20.1. The second-order valence-electron chi connectivity index (χ2n) is 7.32. The highest BCUT2D eigenvalue weighted by Gasteiger charge is 2.25. The first kappa shape index (κ1) is 19.9. The highest BCUT2D eigenvalue weighted by atomic mass is 16.6. The number of hydrogen-bond acceptors (Lipinski definition) is 4. The molecule has 2 atom stereocenters. The Balaban J connectivity index is 1.60. The normalized spacial score (nSPS) is 16.4. The molecule has 0 unspecified atom stereocenters. The summed E-state index contributed by atoms with van der Waals surface area (Å²) >= 11 is 0. The highest BCUT2D eigenvalue weighted by Crippen LogP contribution is 2.31. The quantitative estimate of drug-likeness (QED) is 0.821. The maximum atomic E-state index is 12.8. The van der Waals surface area contributed by atoms with Gasteiger partial charge in [-0.05, 0) is 35.7 Å². The maximum absolute atomic E-state index is 12.8. The zero-order valence-electron chi connectivity index (χ0n) is 16.8. The fraction of sp³-hybridized carbons (Fsp3) is 0.409. The van der Waals surface area contributed by atoms with Crippen LogP contribution in [0.15, 0.2) is 48.5 Å². The molecule has 3 rings (SSSR count). The average molecular weight is 384 g/mol. The van der Waals surface area contributed by atoms with Crippen molar-refractivity contribution < 1.29 is 19.0 Å².